The summed E-state index contributed by atoms with van der Waals surface area (Å²) < 4.78 is 0. The van der Waals surface area contributed by atoms with Gasteiger partial charge in [0.2, 0.25) is 0 Å². The Hall–Kier alpha value is -1.56. The van der Waals surface area contributed by atoms with Crippen LogP contribution in [0.4, 0.5) is 0 Å². The maximum Gasteiger partial charge on any atom is 0.257 e. The largest absolute Gasteiger partial charge is 0.352 e. The first-order valence-corrected chi connectivity index (χ1v) is 11.4. The number of thiophene rings is 1. The lowest BCUT2D eigenvalue weighted by molar-refractivity contribution is -0.116. The molecule has 0 fully saturated rings. The Balaban J connectivity index is 1.25. The standard InChI is InChI=1S/C22H26N2OS2/c1-15-16(2)27-20-12-21(26-14-19(15)20)22(25)23-9-5-10-24-11-8-17-6-3-4-7-18(17)13-24/h3-4,6-7,12H,5,8-11,13-14H2,1-2H3,(H,23,25). The van der Waals surface area contributed by atoms with Gasteiger partial charge in [0.25, 0.3) is 5.91 Å². The van der Waals surface area contributed by atoms with E-state index in [1.807, 2.05) is 0 Å². The molecular formula is C22H26N2OS2. The summed E-state index contributed by atoms with van der Waals surface area (Å²) in [6, 6.07) is 8.73. The summed E-state index contributed by atoms with van der Waals surface area (Å²) in [4.78, 5) is 18.5. The highest BCUT2D eigenvalue weighted by Gasteiger charge is 2.21. The van der Waals surface area contributed by atoms with Gasteiger partial charge in [0.1, 0.15) is 0 Å². The molecule has 2 aliphatic heterocycles. The van der Waals surface area contributed by atoms with E-state index in [0.717, 1.165) is 49.7 Å². The predicted octanol–water partition coefficient (Wildman–Crippen LogP) is 4.52. The average molecular weight is 399 g/mol. The first kappa shape index (κ1) is 18.8. The number of rotatable bonds is 5. The minimum absolute atomic E-state index is 0.0818. The van der Waals surface area contributed by atoms with E-state index in [0.29, 0.717) is 0 Å². The summed E-state index contributed by atoms with van der Waals surface area (Å²) in [5.41, 5.74) is 5.74. The first-order valence-electron chi connectivity index (χ1n) is 9.62. The van der Waals surface area contributed by atoms with Crippen LogP contribution in [0.15, 0.2) is 29.2 Å². The highest BCUT2D eigenvalue weighted by atomic mass is 32.2. The fraction of sp³-hybridized carbons (Fsp3) is 0.409. The Kier molecular flexibility index (Phi) is 5.71. The molecule has 3 heterocycles. The van der Waals surface area contributed by atoms with Gasteiger partial charge in [-0.05, 0) is 55.0 Å². The highest BCUT2D eigenvalue weighted by molar-refractivity contribution is 8.03. The van der Waals surface area contributed by atoms with E-state index in [2.05, 4.69) is 54.4 Å². The first-order chi connectivity index (χ1) is 13.1. The Labute approximate surface area is 169 Å². The number of aryl methyl sites for hydroxylation is 1. The molecule has 0 radical (unpaired) electrons. The molecule has 0 unspecified atom stereocenters. The van der Waals surface area contributed by atoms with Crippen LogP contribution in [-0.4, -0.2) is 30.4 Å². The molecule has 4 rings (SSSR count). The lowest BCUT2D eigenvalue weighted by Gasteiger charge is -2.28. The van der Waals surface area contributed by atoms with Crippen LogP contribution < -0.4 is 5.32 Å². The molecule has 0 aliphatic carbocycles. The van der Waals surface area contributed by atoms with Crippen molar-refractivity contribution in [1.82, 2.24) is 10.2 Å². The van der Waals surface area contributed by atoms with Gasteiger partial charge < -0.3 is 5.32 Å². The third kappa shape index (κ3) is 4.15. The molecule has 3 nitrogen and oxygen atoms in total. The van der Waals surface area contributed by atoms with Crippen molar-refractivity contribution in [1.29, 1.82) is 0 Å². The molecule has 27 heavy (non-hydrogen) atoms. The molecule has 1 amide bonds. The molecular weight excluding hydrogens is 372 g/mol. The normalized spacial score (nSPS) is 16.4. The van der Waals surface area contributed by atoms with Crippen molar-refractivity contribution in [2.45, 2.75) is 39.0 Å². The van der Waals surface area contributed by atoms with Crippen LogP contribution in [0.2, 0.25) is 0 Å². The highest BCUT2D eigenvalue weighted by Crippen LogP contribution is 2.39. The number of benzene rings is 1. The molecule has 2 aliphatic rings. The van der Waals surface area contributed by atoms with Gasteiger partial charge in [-0.1, -0.05) is 24.3 Å². The topological polar surface area (TPSA) is 32.3 Å². The minimum Gasteiger partial charge on any atom is -0.352 e. The molecule has 0 saturated heterocycles. The van der Waals surface area contributed by atoms with E-state index in [-0.39, 0.29) is 5.91 Å². The van der Waals surface area contributed by atoms with Crippen LogP contribution in [0.3, 0.4) is 0 Å². The molecule has 1 aromatic heterocycles. The molecule has 1 N–H and O–H groups in total. The van der Waals surface area contributed by atoms with Crippen molar-refractivity contribution in [3.05, 3.63) is 61.2 Å². The quantitative estimate of drug-likeness (QED) is 0.752. The van der Waals surface area contributed by atoms with Crippen molar-refractivity contribution in [2.75, 3.05) is 19.6 Å². The maximum atomic E-state index is 12.5. The number of carbonyl (C=O) groups excluding carboxylic acids is 1. The molecule has 0 bridgehead atoms. The van der Waals surface area contributed by atoms with Crippen molar-refractivity contribution < 1.29 is 4.79 Å². The number of amides is 1. The summed E-state index contributed by atoms with van der Waals surface area (Å²) in [7, 11) is 0. The number of fused-ring (bicyclic) bond motifs is 2. The van der Waals surface area contributed by atoms with Crippen LogP contribution >= 0.6 is 23.1 Å². The summed E-state index contributed by atoms with van der Waals surface area (Å²) in [6.45, 7) is 8.27. The zero-order valence-corrected chi connectivity index (χ0v) is 17.6. The smallest absolute Gasteiger partial charge is 0.257 e. The van der Waals surface area contributed by atoms with E-state index in [1.165, 1.54) is 32.0 Å². The zero-order chi connectivity index (χ0) is 18.8. The second-order valence-corrected chi connectivity index (χ2v) is 9.60. The molecule has 2 aromatic rings. The Bertz CT molecular complexity index is 884. The van der Waals surface area contributed by atoms with Gasteiger partial charge in [0.15, 0.2) is 0 Å². The van der Waals surface area contributed by atoms with Crippen LogP contribution in [-0.2, 0) is 23.5 Å². The number of nitrogens with zero attached hydrogens (tertiary/aromatic N) is 1. The number of thioether (sulfide) groups is 1. The SMILES string of the molecule is Cc1sc2c(c1C)CSC(C(=O)NCCCN1CCc3ccccc3C1)=C2. The minimum atomic E-state index is 0.0818. The summed E-state index contributed by atoms with van der Waals surface area (Å²) in [5.74, 6) is 0.996. The van der Waals surface area contributed by atoms with Gasteiger partial charge >= 0.3 is 0 Å². The van der Waals surface area contributed by atoms with E-state index in [4.69, 9.17) is 0 Å². The number of hydrogen-bond acceptors (Lipinski definition) is 4. The van der Waals surface area contributed by atoms with Gasteiger partial charge in [-0.25, -0.2) is 0 Å². The molecule has 1 aromatic carbocycles. The van der Waals surface area contributed by atoms with Gasteiger partial charge in [-0.2, -0.15) is 0 Å². The lowest BCUT2D eigenvalue weighted by atomic mass is 10.00. The van der Waals surface area contributed by atoms with Gasteiger partial charge in [-0.15, -0.1) is 23.1 Å². The summed E-state index contributed by atoms with van der Waals surface area (Å²) in [5, 5.41) is 3.11. The summed E-state index contributed by atoms with van der Waals surface area (Å²) in [6.07, 6.45) is 4.20. The van der Waals surface area contributed by atoms with Gasteiger partial charge in [0.05, 0.1) is 4.91 Å². The fourth-order valence-corrected chi connectivity index (χ4v) is 6.15. The molecule has 0 spiro atoms. The number of nitrogens with one attached hydrogen (secondary N) is 1. The van der Waals surface area contributed by atoms with Crippen molar-refractivity contribution in [2.24, 2.45) is 0 Å². The van der Waals surface area contributed by atoms with E-state index in [9.17, 15) is 4.79 Å². The summed E-state index contributed by atoms with van der Waals surface area (Å²) >= 11 is 3.47. The van der Waals surface area contributed by atoms with E-state index in [1.54, 1.807) is 23.1 Å². The second kappa shape index (κ2) is 8.21. The zero-order valence-electron chi connectivity index (χ0n) is 16.0. The van der Waals surface area contributed by atoms with Crippen LogP contribution in [0, 0.1) is 13.8 Å². The average Bonchev–Trinajstić information content (AvgIpc) is 2.98. The maximum absolute atomic E-state index is 12.5. The van der Waals surface area contributed by atoms with E-state index >= 15 is 0 Å². The van der Waals surface area contributed by atoms with Crippen LogP contribution in [0.25, 0.3) is 6.08 Å². The number of hydrogen-bond donors (Lipinski definition) is 1. The fourth-order valence-electron chi connectivity index (χ4n) is 3.77. The van der Waals surface area contributed by atoms with Crippen molar-refractivity contribution in [3.63, 3.8) is 0 Å². The monoisotopic (exact) mass is 398 g/mol. The molecule has 142 valence electrons. The number of carbonyl (C=O) groups is 1. The van der Waals surface area contributed by atoms with Crippen LogP contribution in [0.1, 0.15) is 38.4 Å². The van der Waals surface area contributed by atoms with Crippen molar-refractivity contribution >= 4 is 35.1 Å². The van der Waals surface area contributed by atoms with E-state index < -0.39 is 0 Å². The Morgan fingerprint density at radius 3 is 2.89 bits per heavy atom. The lowest BCUT2D eigenvalue weighted by Crippen LogP contribution is -2.34. The molecule has 5 heteroatoms. The Morgan fingerprint density at radius 2 is 2.04 bits per heavy atom. The Morgan fingerprint density at radius 1 is 1.22 bits per heavy atom. The predicted molar refractivity (Wildman–Crippen MR) is 116 cm³/mol. The second-order valence-electron chi connectivity index (χ2n) is 7.33. The third-order valence-electron chi connectivity index (χ3n) is 5.55. The van der Waals surface area contributed by atoms with Gasteiger partial charge in [-0.3, -0.25) is 9.69 Å². The third-order valence-corrected chi connectivity index (χ3v) is 7.79. The van der Waals surface area contributed by atoms with Crippen molar-refractivity contribution in [3.8, 4) is 0 Å². The van der Waals surface area contributed by atoms with Crippen LogP contribution in [0.5, 0.6) is 0 Å². The molecule has 0 atom stereocenters. The van der Waals surface area contributed by atoms with Gasteiger partial charge in [0, 0.05) is 41.7 Å². The molecule has 0 saturated carbocycles.